The van der Waals surface area contributed by atoms with Crippen molar-refractivity contribution in [3.05, 3.63) is 24.0 Å². The van der Waals surface area contributed by atoms with Crippen molar-refractivity contribution in [1.29, 1.82) is 0 Å². The lowest BCUT2D eigenvalue weighted by Gasteiger charge is -2.14. The summed E-state index contributed by atoms with van der Waals surface area (Å²) in [5.41, 5.74) is 0.763. The molecule has 2 rings (SSSR count). The van der Waals surface area contributed by atoms with E-state index in [1.165, 1.54) is 6.07 Å². The van der Waals surface area contributed by atoms with Crippen LogP contribution in [-0.4, -0.2) is 25.4 Å². The Morgan fingerprint density at radius 1 is 1.44 bits per heavy atom. The lowest BCUT2D eigenvalue weighted by atomic mass is 10.2. The molecule has 1 aliphatic heterocycles. The molecule has 1 heterocycles. The van der Waals surface area contributed by atoms with Crippen LogP contribution in [0.25, 0.3) is 0 Å². The smallest absolute Gasteiger partial charge is 0.167 e. The summed E-state index contributed by atoms with van der Waals surface area (Å²) in [5.74, 6) is -0.0312. The third-order valence-corrected chi connectivity index (χ3v) is 3.09. The Morgan fingerprint density at radius 2 is 2.28 bits per heavy atom. The number of hydrogen-bond acceptors (Lipinski definition) is 3. The molecule has 1 aromatic carbocycles. The van der Waals surface area contributed by atoms with E-state index in [0.717, 1.165) is 25.1 Å². The Kier molecular flexibility index (Phi) is 4.42. The molecule has 0 radical (unpaired) electrons. The van der Waals surface area contributed by atoms with Crippen LogP contribution in [0.1, 0.15) is 26.7 Å². The predicted molar refractivity (Wildman–Crippen MR) is 69.6 cm³/mol. The van der Waals surface area contributed by atoms with Crippen LogP contribution >= 0.6 is 0 Å². The van der Waals surface area contributed by atoms with Crippen molar-refractivity contribution in [2.75, 3.05) is 18.5 Å². The highest BCUT2D eigenvalue weighted by molar-refractivity contribution is 5.47. The van der Waals surface area contributed by atoms with Crippen molar-refractivity contribution in [3.63, 3.8) is 0 Å². The second-order valence-electron chi connectivity index (χ2n) is 4.61. The molecular formula is C14H20FNO2. The molecule has 2 unspecified atom stereocenters. The van der Waals surface area contributed by atoms with Gasteiger partial charge in [-0.1, -0.05) is 0 Å². The minimum absolute atomic E-state index is 0.231. The topological polar surface area (TPSA) is 30.5 Å². The largest absolute Gasteiger partial charge is 0.491 e. The highest BCUT2D eigenvalue weighted by Crippen LogP contribution is 2.23. The minimum atomic E-state index is -0.331. The highest BCUT2D eigenvalue weighted by atomic mass is 19.1. The summed E-state index contributed by atoms with van der Waals surface area (Å²) in [4.78, 5) is 0. The fourth-order valence-electron chi connectivity index (χ4n) is 2.15. The number of rotatable bonds is 5. The second kappa shape index (κ2) is 6.05. The van der Waals surface area contributed by atoms with Crippen molar-refractivity contribution in [2.45, 2.75) is 38.9 Å². The van der Waals surface area contributed by atoms with Crippen LogP contribution in [0.4, 0.5) is 10.1 Å². The summed E-state index contributed by atoms with van der Waals surface area (Å²) in [7, 11) is 0. The van der Waals surface area contributed by atoms with Gasteiger partial charge in [-0.3, -0.25) is 0 Å². The number of halogens is 1. The maximum Gasteiger partial charge on any atom is 0.167 e. The van der Waals surface area contributed by atoms with Gasteiger partial charge in [0.1, 0.15) is 0 Å². The molecule has 1 aromatic rings. The van der Waals surface area contributed by atoms with Crippen LogP contribution < -0.4 is 10.1 Å². The Hall–Kier alpha value is -1.29. The molecule has 4 heteroatoms. The lowest BCUT2D eigenvalue weighted by molar-refractivity contribution is 0.0637. The molecule has 1 N–H and O–H groups in total. The van der Waals surface area contributed by atoms with Crippen LogP contribution in [0.15, 0.2) is 18.2 Å². The van der Waals surface area contributed by atoms with Gasteiger partial charge in [0, 0.05) is 18.3 Å². The predicted octanol–water partition coefficient (Wildman–Crippen LogP) is 3.20. The first-order valence-corrected chi connectivity index (χ1v) is 6.50. The highest BCUT2D eigenvalue weighted by Gasteiger charge is 2.21. The molecule has 1 fully saturated rings. The zero-order chi connectivity index (χ0) is 13.0. The van der Waals surface area contributed by atoms with E-state index < -0.39 is 0 Å². The fraction of sp³-hybridized carbons (Fsp3) is 0.571. The first-order chi connectivity index (χ1) is 8.69. The van der Waals surface area contributed by atoms with Crippen molar-refractivity contribution >= 4 is 5.69 Å². The average Bonchev–Trinajstić information content (AvgIpc) is 2.76. The van der Waals surface area contributed by atoms with Gasteiger partial charge in [-0.15, -0.1) is 0 Å². The van der Waals surface area contributed by atoms with E-state index in [0.29, 0.717) is 18.5 Å². The maximum absolute atomic E-state index is 13.6. The van der Waals surface area contributed by atoms with E-state index in [4.69, 9.17) is 9.47 Å². The van der Waals surface area contributed by atoms with Crippen molar-refractivity contribution in [3.8, 4) is 5.75 Å². The number of ether oxygens (including phenoxy) is 2. The van der Waals surface area contributed by atoms with Crippen molar-refractivity contribution < 1.29 is 13.9 Å². The van der Waals surface area contributed by atoms with Crippen LogP contribution in [0.2, 0.25) is 0 Å². The molecule has 0 aromatic heterocycles. The van der Waals surface area contributed by atoms with Crippen LogP contribution in [-0.2, 0) is 4.74 Å². The monoisotopic (exact) mass is 253 g/mol. The number of benzene rings is 1. The van der Waals surface area contributed by atoms with Crippen LogP contribution in [0.3, 0.4) is 0 Å². The first-order valence-electron chi connectivity index (χ1n) is 6.50. The molecule has 0 spiro atoms. The molecule has 0 aliphatic carbocycles. The summed E-state index contributed by atoms with van der Waals surface area (Å²) < 4.78 is 24.5. The normalized spacial score (nSPS) is 23.1. The van der Waals surface area contributed by atoms with Gasteiger partial charge in [-0.25, -0.2) is 4.39 Å². The zero-order valence-electron chi connectivity index (χ0n) is 10.9. The van der Waals surface area contributed by atoms with Gasteiger partial charge in [0.05, 0.1) is 18.8 Å². The SMILES string of the molecule is CCOc1ccc(NCC2CCC(C)O2)cc1F. The Morgan fingerprint density at radius 3 is 2.89 bits per heavy atom. The third kappa shape index (κ3) is 3.35. The molecule has 100 valence electrons. The summed E-state index contributed by atoms with van der Waals surface area (Å²) in [6.07, 6.45) is 2.74. The summed E-state index contributed by atoms with van der Waals surface area (Å²) in [5, 5.41) is 3.20. The Bertz CT molecular complexity index is 397. The molecule has 0 bridgehead atoms. The van der Waals surface area contributed by atoms with E-state index in [1.807, 2.05) is 13.0 Å². The van der Waals surface area contributed by atoms with Gasteiger partial charge < -0.3 is 14.8 Å². The van der Waals surface area contributed by atoms with Crippen LogP contribution in [0, 0.1) is 5.82 Å². The maximum atomic E-state index is 13.6. The molecule has 0 saturated carbocycles. The minimum Gasteiger partial charge on any atom is -0.491 e. The standard InChI is InChI=1S/C14H20FNO2/c1-3-17-14-7-5-11(8-13(14)15)16-9-12-6-4-10(2)18-12/h5,7-8,10,12,16H,3-4,6,9H2,1-2H3. The van der Waals surface area contributed by atoms with E-state index >= 15 is 0 Å². The summed E-state index contributed by atoms with van der Waals surface area (Å²) in [6.45, 7) is 5.11. The molecule has 1 saturated heterocycles. The number of hydrogen-bond donors (Lipinski definition) is 1. The second-order valence-corrected chi connectivity index (χ2v) is 4.61. The Labute approximate surface area is 107 Å². The Balaban J connectivity index is 1.88. The number of nitrogens with one attached hydrogen (secondary N) is 1. The molecule has 2 atom stereocenters. The molecule has 18 heavy (non-hydrogen) atoms. The number of anilines is 1. The first kappa shape index (κ1) is 13.1. The third-order valence-electron chi connectivity index (χ3n) is 3.09. The average molecular weight is 253 g/mol. The van der Waals surface area contributed by atoms with Crippen LogP contribution in [0.5, 0.6) is 5.75 Å². The van der Waals surface area contributed by atoms with E-state index in [-0.39, 0.29) is 11.9 Å². The van der Waals surface area contributed by atoms with Gasteiger partial charge >= 0.3 is 0 Å². The molecular weight excluding hydrogens is 233 g/mol. The summed E-state index contributed by atoms with van der Waals surface area (Å²) in [6, 6.07) is 4.94. The van der Waals surface area contributed by atoms with Gasteiger partial charge in [0.15, 0.2) is 11.6 Å². The fourth-order valence-corrected chi connectivity index (χ4v) is 2.15. The van der Waals surface area contributed by atoms with Gasteiger partial charge in [0.25, 0.3) is 0 Å². The van der Waals surface area contributed by atoms with E-state index in [2.05, 4.69) is 12.2 Å². The van der Waals surface area contributed by atoms with Gasteiger partial charge in [-0.2, -0.15) is 0 Å². The van der Waals surface area contributed by atoms with E-state index in [9.17, 15) is 4.39 Å². The van der Waals surface area contributed by atoms with Gasteiger partial charge in [-0.05, 0) is 38.8 Å². The molecule has 1 aliphatic rings. The zero-order valence-corrected chi connectivity index (χ0v) is 10.9. The summed E-state index contributed by atoms with van der Waals surface area (Å²) >= 11 is 0. The van der Waals surface area contributed by atoms with E-state index in [1.54, 1.807) is 6.07 Å². The molecule has 3 nitrogen and oxygen atoms in total. The van der Waals surface area contributed by atoms with Gasteiger partial charge in [0.2, 0.25) is 0 Å². The van der Waals surface area contributed by atoms with Crippen molar-refractivity contribution in [1.82, 2.24) is 0 Å². The van der Waals surface area contributed by atoms with Crippen molar-refractivity contribution in [2.24, 2.45) is 0 Å². The lowest BCUT2D eigenvalue weighted by Crippen LogP contribution is -2.19. The quantitative estimate of drug-likeness (QED) is 0.874. The molecule has 0 amide bonds.